The zero-order valence-corrected chi connectivity index (χ0v) is 12.6. The van der Waals surface area contributed by atoms with Crippen LogP contribution in [0.3, 0.4) is 0 Å². The van der Waals surface area contributed by atoms with Crippen molar-refractivity contribution < 1.29 is 9.53 Å². The number of hydrogen-bond acceptors (Lipinski definition) is 3. The van der Waals surface area contributed by atoms with Gasteiger partial charge in [0.2, 0.25) is 0 Å². The largest absolute Gasteiger partial charge is 0.457 e. The van der Waals surface area contributed by atoms with Crippen LogP contribution in [0, 0.1) is 0 Å². The van der Waals surface area contributed by atoms with Gasteiger partial charge in [-0.2, -0.15) is 0 Å². The summed E-state index contributed by atoms with van der Waals surface area (Å²) in [5.41, 5.74) is 0.706. The van der Waals surface area contributed by atoms with E-state index in [4.69, 9.17) is 4.74 Å². The van der Waals surface area contributed by atoms with Gasteiger partial charge in [-0.15, -0.1) is 0 Å². The summed E-state index contributed by atoms with van der Waals surface area (Å²) in [7, 11) is 0. The molecule has 0 spiro atoms. The summed E-state index contributed by atoms with van der Waals surface area (Å²) < 4.78 is 5.76. The third kappa shape index (κ3) is 3.57. The molecule has 3 rings (SSSR count). The fourth-order valence-corrected chi connectivity index (χ4v) is 2.90. The van der Waals surface area contributed by atoms with Crippen LogP contribution in [0.1, 0.15) is 10.4 Å². The summed E-state index contributed by atoms with van der Waals surface area (Å²) in [6.07, 6.45) is 0.884. The SMILES string of the molecule is O=Cc1ccccc1Sc1ccc(Oc2ccccc2)cc1. The Morgan fingerprint density at radius 3 is 2.09 bits per heavy atom. The Bertz CT molecular complexity index is 752. The maximum absolute atomic E-state index is 11.0. The molecule has 22 heavy (non-hydrogen) atoms. The predicted molar refractivity (Wildman–Crippen MR) is 88.9 cm³/mol. The first-order valence-corrected chi connectivity index (χ1v) is 7.72. The number of ether oxygens (including phenoxy) is 1. The van der Waals surface area contributed by atoms with E-state index in [-0.39, 0.29) is 0 Å². The molecule has 0 amide bonds. The molecule has 0 atom stereocenters. The fourth-order valence-electron chi connectivity index (χ4n) is 2.00. The van der Waals surface area contributed by atoms with E-state index in [0.29, 0.717) is 5.56 Å². The Kier molecular flexibility index (Phi) is 4.56. The van der Waals surface area contributed by atoms with Crippen LogP contribution < -0.4 is 4.74 Å². The third-order valence-electron chi connectivity index (χ3n) is 3.08. The van der Waals surface area contributed by atoms with Gasteiger partial charge in [0, 0.05) is 15.4 Å². The highest BCUT2D eigenvalue weighted by atomic mass is 32.2. The number of aldehydes is 1. The second-order valence-electron chi connectivity index (χ2n) is 4.64. The minimum absolute atomic E-state index is 0.706. The zero-order valence-electron chi connectivity index (χ0n) is 11.8. The molecule has 2 nitrogen and oxygen atoms in total. The lowest BCUT2D eigenvalue weighted by molar-refractivity contribution is 0.112. The van der Waals surface area contributed by atoms with Crippen molar-refractivity contribution in [2.75, 3.05) is 0 Å². The van der Waals surface area contributed by atoms with Crippen molar-refractivity contribution in [2.24, 2.45) is 0 Å². The van der Waals surface area contributed by atoms with E-state index in [1.54, 1.807) is 11.8 Å². The van der Waals surface area contributed by atoms with Gasteiger partial charge in [-0.25, -0.2) is 0 Å². The molecule has 108 valence electrons. The summed E-state index contributed by atoms with van der Waals surface area (Å²) in [5, 5.41) is 0. The van der Waals surface area contributed by atoms with Gasteiger partial charge in [-0.3, -0.25) is 4.79 Å². The van der Waals surface area contributed by atoms with Crippen LogP contribution in [0.15, 0.2) is 88.7 Å². The molecule has 3 aromatic rings. The maximum atomic E-state index is 11.0. The first kappa shape index (κ1) is 14.4. The van der Waals surface area contributed by atoms with Crippen molar-refractivity contribution >= 4 is 18.0 Å². The monoisotopic (exact) mass is 306 g/mol. The molecule has 0 unspecified atom stereocenters. The van der Waals surface area contributed by atoms with Gasteiger partial charge in [0.1, 0.15) is 11.5 Å². The summed E-state index contributed by atoms with van der Waals surface area (Å²) in [6, 6.07) is 25.1. The van der Waals surface area contributed by atoms with E-state index in [9.17, 15) is 4.79 Å². The molecule has 0 aliphatic heterocycles. The van der Waals surface area contributed by atoms with Crippen molar-refractivity contribution in [3.63, 3.8) is 0 Å². The number of carbonyl (C=O) groups excluding carboxylic acids is 1. The highest BCUT2D eigenvalue weighted by Gasteiger charge is 2.03. The number of rotatable bonds is 5. The van der Waals surface area contributed by atoms with E-state index in [1.165, 1.54) is 0 Å². The molecule has 0 aliphatic rings. The van der Waals surface area contributed by atoms with Crippen LogP contribution in [0.2, 0.25) is 0 Å². The van der Waals surface area contributed by atoms with Gasteiger partial charge in [-0.05, 0) is 42.5 Å². The van der Waals surface area contributed by atoms with Crippen molar-refractivity contribution in [2.45, 2.75) is 9.79 Å². The molecule has 0 aliphatic carbocycles. The Labute approximate surface area is 133 Å². The second kappa shape index (κ2) is 6.96. The van der Waals surface area contributed by atoms with Gasteiger partial charge >= 0.3 is 0 Å². The summed E-state index contributed by atoms with van der Waals surface area (Å²) >= 11 is 1.57. The number of para-hydroxylation sites is 1. The molecule has 0 bridgehead atoms. The molecule has 0 heterocycles. The van der Waals surface area contributed by atoms with E-state index >= 15 is 0 Å². The molecule has 0 saturated carbocycles. The topological polar surface area (TPSA) is 26.3 Å². The van der Waals surface area contributed by atoms with Crippen LogP contribution in [-0.2, 0) is 0 Å². The van der Waals surface area contributed by atoms with E-state index < -0.39 is 0 Å². The lowest BCUT2D eigenvalue weighted by atomic mass is 10.2. The molecule has 0 N–H and O–H groups in total. The maximum Gasteiger partial charge on any atom is 0.151 e. The van der Waals surface area contributed by atoms with Crippen molar-refractivity contribution in [3.8, 4) is 11.5 Å². The summed E-state index contributed by atoms with van der Waals surface area (Å²) in [6.45, 7) is 0. The quantitative estimate of drug-likeness (QED) is 0.587. The molecule has 0 saturated heterocycles. The Morgan fingerprint density at radius 2 is 1.36 bits per heavy atom. The predicted octanol–water partition coefficient (Wildman–Crippen LogP) is 5.44. The number of carbonyl (C=O) groups is 1. The van der Waals surface area contributed by atoms with Crippen LogP contribution in [0.25, 0.3) is 0 Å². The molecular weight excluding hydrogens is 292 g/mol. The Balaban J connectivity index is 1.73. The smallest absolute Gasteiger partial charge is 0.151 e. The van der Waals surface area contributed by atoms with E-state index in [1.807, 2.05) is 78.9 Å². The Hall–Kier alpha value is -2.52. The summed E-state index contributed by atoms with van der Waals surface area (Å²) in [4.78, 5) is 13.1. The summed E-state index contributed by atoms with van der Waals surface area (Å²) in [5.74, 6) is 1.61. The van der Waals surface area contributed by atoms with Crippen molar-refractivity contribution in [1.82, 2.24) is 0 Å². The Morgan fingerprint density at radius 1 is 0.727 bits per heavy atom. The average Bonchev–Trinajstić information content (AvgIpc) is 2.58. The molecule has 3 heteroatoms. The number of hydrogen-bond donors (Lipinski definition) is 0. The molecule has 0 fully saturated rings. The minimum atomic E-state index is 0.706. The van der Waals surface area contributed by atoms with Gasteiger partial charge in [0.05, 0.1) is 0 Å². The number of benzene rings is 3. The lowest BCUT2D eigenvalue weighted by Gasteiger charge is -2.07. The molecule has 3 aromatic carbocycles. The zero-order chi connectivity index (χ0) is 15.2. The first-order valence-electron chi connectivity index (χ1n) is 6.90. The lowest BCUT2D eigenvalue weighted by Crippen LogP contribution is -1.85. The van der Waals surface area contributed by atoms with Crippen molar-refractivity contribution in [3.05, 3.63) is 84.4 Å². The molecule has 0 radical (unpaired) electrons. The van der Waals surface area contributed by atoms with Gasteiger partial charge in [0.25, 0.3) is 0 Å². The first-order chi connectivity index (χ1) is 10.8. The highest BCUT2D eigenvalue weighted by Crippen LogP contribution is 2.31. The van der Waals surface area contributed by atoms with Crippen LogP contribution >= 0.6 is 11.8 Å². The van der Waals surface area contributed by atoms with E-state index in [2.05, 4.69) is 0 Å². The molecule has 0 aromatic heterocycles. The standard InChI is InChI=1S/C19H14O2S/c20-14-15-6-4-5-9-19(15)22-18-12-10-17(11-13-18)21-16-7-2-1-3-8-16/h1-14H. The van der Waals surface area contributed by atoms with E-state index in [0.717, 1.165) is 27.6 Å². The van der Waals surface area contributed by atoms with Gasteiger partial charge in [0.15, 0.2) is 6.29 Å². The fraction of sp³-hybridized carbons (Fsp3) is 0. The van der Waals surface area contributed by atoms with Crippen LogP contribution in [0.5, 0.6) is 11.5 Å². The van der Waals surface area contributed by atoms with Crippen molar-refractivity contribution in [1.29, 1.82) is 0 Å². The third-order valence-corrected chi connectivity index (χ3v) is 4.18. The average molecular weight is 306 g/mol. The molecular formula is C19H14O2S. The second-order valence-corrected chi connectivity index (χ2v) is 5.76. The normalized spacial score (nSPS) is 10.2. The van der Waals surface area contributed by atoms with Crippen LogP contribution in [0.4, 0.5) is 0 Å². The minimum Gasteiger partial charge on any atom is -0.457 e. The highest BCUT2D eigenvalue weighted by molar-refractivity contribution is 7.99. The van der Waals surface area contributed by atoms with Gasteiger partial charge in [-0.1, -0.05) is 48.2 Å². The van der Waals surface area contributed by atoms with Crippen LogP contribution in [-0.4, -0.2) is 6.29 Å². The van der Waals surface area contributed by atoms with Gasteiger partial charge < -0.3 is 4.74 Å².